The van der Waals surface area contributed by atoms with Gasteiger partial charge in [0, 0.05) is 15.1 Å². The van der Waals surface area contributed by atoms with Crippen LogP contribution in [0.15, 0.2) is 18.2 Å². The maximum absolute atomic E-state index is 12.4. The van der Waals surface area contributed by atoms with Crippen LogP contribution >= 0.6 is 34.5 Å². The van der Waals surface area contributed by atoms with Crippen molar-refractivity contribution in [3.05, 3.63) is 33.1 Å². The number of aliphatic carboxylic acids is 1. The van der Waals surface area contributed by atoms with Crippen LogP contribution in [0, 0.1) is 0 Å². The second-order valence-corrected chi connectivity index (χ2v) is 7.09. The largest absolute Gasteiger partial charge is 0.480 e. The van der Waals surface area contributed by atoms with E-state index in [1.165, 1.54) is 18.3 Å². The number of carbonyl (C=O) groups excluding carboxylic acids is 1. The molecule has 0 aliphatic carbocycles. The van der Waals surface area contributed by atoms with Crippen molar-refractivity contribution in [2.45, 2.75) is 32.2 Å². The van der Waals surface area contributed by atoms with Gasteiger partial charge in [-0.25, -0.2) is 4.79 Å². The summed E-state index contributed by atoms with van der Waals surface area (Å²) in [6.07, 6.45) is 0.973. The first-order valence-corrected chi connectivity index (χ1v) is 8.29. The van der Waals surface area contributed by atoms with Crippen molar-refractivity contribution in [2.75, 3.05) is 0 Å². The molecule has 0 aliphatic rings. The first kappa shape index (κ1) is 17.1. The fourth-order valence-electron chi connectivity index (χ4n) is 2.22. The number of hydrogen-bond donors (Lipinski definition) is 2. The zero-order chi connectivity index (χ0) is 16.5. The third-order valence-corrected chi connectivity index (χ3v) is 5.30. The number of amides is 1. The minimum atomic E-state index is -1.32. The molecule has 7 heteroatoms. The van der Waals surface area contributed by atoms with E-state index in [1.54, 1.807) is 18.2 Å². The number of carbonyl (C=O) groups is 2. The van der Waals surface area contributed by atoms with Crippen molar-refractivity contribution in [2.24, 2.45) is 0 Å². The lowest BCUT2D eigenvalue weighted by Crippen LogP contribution is -2.52. The highest BCUT2D eigenvalue weighted by Crippen LogP contribution is 2.37. The number of halogens is 2. The summed E-state index contributed by atoms with van der Waals surface area (Å²) in [6, 6.07) is 5.17. The zero-order valence-corrected chi connectivity index (χ0v) is 14.4. The van der Waals surface area contributed by atoms with Crippen LogP contribution in [0.2, 0.25) is 10.0 Å². The molecular weight excluding hydrogens is 345 g/mol. The monoisotopic (exact) mass is 359 g/mol. The molecule has 0 fully saturated rings. The summed E-state index contributed by atoms with van der Waals surface area (Å²) in [5.41, 5.74) is -1.32. The van der Waals surface area contributed by atoms with E-state index in [4.69, 9.17) is 23.2 Å². The molecule has 1 unspecified atom stereocenters. The molecule has 1 amide bonds. The van der Waals surface area contributed by atoms with E-state index >= 15 is 0 Å². The van der Waals surface area contributed by atoms with E-state index in [2.05, 4.69) is 5.32 Å². The second-order valence-electron chi connectivity index (χ2n) is 5.23. The van der Waals surface area contributed by atoms with E-state index in [1.807, 2.05) is 6.92 Å². The Kier molecular flexibility index (Phi) is 5.00. The highest BCUT2D eigenvalue weighted by atomic mass is 35.5. The quantitative estimate of drug-likeness (QED) is 0.820. The SMILES string of the molecule is CCCC(C)(NC(=O)c1sc2cc(Cl)ccc2c1Cl)C(=O)O. The molecule has 2 aromatic rings. The number of carboxylic acid groups (broad SMARTS) is 1. The third kappa shape index (κ3) is 3.21. The smallest absolute Gasteiger partial charge is 0.329 e. The Hall–Kier alpha value is -1.30. The predicted molar refractivity (Wildman–Crippen MR) is 90.3 cm³/mol. The fraction of sp³-hybridized carbons (Fsp3) is 0.333. The third-order valence-electron chi connectivity index (χ3n) is 3.41. The summed E-state index contributed by atoms with van der Waals surface area (Å²) in [5.74, 6) is -1.55. The van der Waals surface area contributed by atoms with Crippen LogP contribution in [0.4, 0.5) is 0 Å². The maximum Gasteiger partial charge on any atom is 0.329 e. The molecule has 0 spiro atoms. The van der Waals surface area contributed by atoms with E-state index in [-0.39, 0.29) is 0 Å². The second kappa shape index (κ2) is 6.44. The van der Waals surface area contributed by atoms with Crippen molar-refractivity contribution in [3.8, 4) is 0 Å². The van der Waals surface area contributed by atoms with Gasteiger partial charge in [-0.15, -0.1) is 11.3 Å². The molecule has 1 atom stereocenters. The van der Waals surface area contributed by atoms with E-state index < -0.39 is 17.4 Å². The summed E-state index contributed by atoms with van der Waals surface area (Å²) in [7, 11) is 0. The fourth-order valence-corrected chi connectivity index (χ4v) is 3.90. The van der Waals surface area contributed by atoms with E-state index in [9.17, 15) is 14.7 Å². The molecule has 0 saturated heterocycles. The molecule has 0 bridgehead atoms. The van der Waals surface area contributed by atoms with Gasteiger partial charge in [0.1, 0.15) is 10.4 Å². The molecule has 1 aromatic carbocycles. The highest BCUT2D eigenvalue weighted by molar-refractivity contribution is 7.21. The topological polar surface area (TPSA) is 66.4 Å². The number of thiophene rings is 1. The van der Waals surface area contributed by atoms with Crippen LogP contribution in [0.1, 0.15) is 36.4 Å². The van der Waals surface area contributed by atoms with Crippen LogP contribution in [-0.2, 0) is 4.79 Å². The maximum atomic E-state index is 12.4. The van der Waals surface area contributed by atoms with E-state index in [0.29, 0.717) is 27.8 Å². The summed E-state index contributed by atoms with van der Waals surface area (Å²) in [5, 5.41) is 13.5. The number of nitrogens with one attached hydrogen (secondary N) is 1. The standard InChI is InChI=1S/C15H15Cl2NO3S/c1-3-6-15(2,14(20)21)18-13(19)12-11(17)9-5-4-8(16)7-10(9)22-12/h4-5,7H,3,6H2,1-2H3,(H,18,19)(H,20,21). The average molecular weight is 360 g/mol. The molecule has 2 N–H and O–H groups in total. The molecule has 118 valence electrons. The van der Waals surface area contributed by atoms with Crippen LogP contribution in [-0.4, -0.2) is 22.5 Å². The van der Waals surface area contributed by atoms with Gasteiger partial charge >= 0.3 is 5.97 Å². The summed E-state index contributed by atoms with van der Waals surface area (Å²) in [6.45, 7) is 3.36. The lowest BCUT2D eigenvalue weighted by molar-refractivity contribution is -0.144. The molecule has 0 saturated carbocycles. The van der Waals surface area contributed by atoms with Crippen molar-refractivity contribution < 1.29 is 14.7 Å². The molecule has 4 nitrogen and oxygen atoms in total. The Morgan fingerprint density at radius 1 is 1.36 bits per heavy atom. The van der Waals surface area contributed by atoms with E-state index in [0.717, 1.165) is 10.1 Å². The average Bonchev–Trinajstić information content (AvgIpc) is 2.75. The summed E-state index contributed by atoms with van der Waals surface area (Å²) >= 11 is 13.4. The first-order chi connectivity index (χ1) is 10.3. The number of hydrogen-bond acceptors (Lipinski definition) is 3. The van der Waals surface area contributed by atoms with Crippen molar-refractivity contribution >= 4 is 56.5 Å². The minimum absolute atomic E-state index is 0.294. The summed E-state index contributed by atoms with van der Waals surface area (Å²) in [4.78, 5) is 24.1. The number of rotatable bonds is 5. The number of carboxylic acids is 1. The van der Waals surface area contributed by atoms with Crippen LogP contribution in [0.5, 0.6) is 0 Å². The molecular formula is C15H15Cl2NO3S. The van der Waals surface area contributed by atoms with Crippen molar-refractivity contribution in [1.29, 1.82) is 0 Å². The number of fused-ring (bicyclic) bond motifs is 1. The lowest BCUT2D eigenvalue weighted by Gasteiger charge is -2.25. The first-order valence-electron chi connectivity index (χ1n) is 6.72. The Labute approximate surface area is 142 Å². The molecule has 1 heterocycles. The van der Waals surface area contributed by atoms with Gasteiger partial charge in [-0.3, -0.25) is 4.79 Å². The molecule has 0 radical (unpaired) electrons. The van der Waals surface area contributed by atoms with Gasteiger partial charge < -0.3 is 10.4 Å². The minimum Gasteiger partial charge on any atom is -0.480 e. The zero-order valence-electron chi connectivity index (χ0n) is 12.1. The Morgan fingerprint density at radius 2 is 2.05 bits per heavy atom. The normalized spacial score (nSPS) is 13.8. The Balaban J connectivity index is 2.37. The Bertz CT molecular complexity index is 744. The van der Waals surface area contributed by atoms with Gasteiger partial charge in [-0.05, 0) is 25.5 Å². The lowest BCUT2D eigenvalue weighted by atomic mass is 9.96. The highest BCUT2D eigenvalue weighted by Gasteiger charge is 2.35. The van der Waals surface area contributed by atoms with Gasteiger partial charge in [0.2, 0.25) is 0 Å². The van der Waals surface area contributed by atoms with Gasteiger partial charge in [0.05, 0.1) is 5.02 Å². The van der Waals surface area contributed by atoms with Gasteiger partial charge in [0.15, 0.2) is 0 Å². The molecule has 1 aromatic heterocycles. The molecule has 22 heavy (non-hydrogen) atoms. The van der Waals surface area contributed by atoms with Crippen LogP contribution in [0.25, 0.3) is 10.1 Å². The predicted octanol–water partition coefficient (Wildman–Crippen LogP) is 4.58. The van der Waals surface area contributed by atoms with Gasteiger partial charge in [-0.2, -0.15) is 0 Å². The van der Waals surface area contributed by atoms with Crippen LogP contribution < -0.4 is 5.32 Å². The molecule has 2 rings (SSSR count). The summed E-state index contributed by atoms with van der Waals surface area (Å²) < 4.78 is 0.787. The number of benzene rings is 1. The Morgan fingerprint density at radius 3 is 2.64 bits per heavy atom. The molecule has 0 aliphatic heterocycles. The van der Waals surface area contributed by atoms with Crippen molar-refractivity contribution in [3.63, 3.8) is 0 Å². The van der Waals surface area contributed by atoms with Gasteiger partial charge in [0.25, 0.3) is 5.91 Å². The van der Waals surface area contributed by atoms with Crippen LogP contribution in [0.3, 0.4) is 0 Å². The van der Waals surface area contributed by atoms with Crippen molar-refractivity contribution in [1.82, 2.24) is 5.32 Å². The van der Waals surface area contributed by atoms with Gasteiger partial charge in [-0.1, -0.05) is 42.6 Å².